The topological polar surface area (TPSA) is 51.4 Å². The summed E-state index contributed by atoms with van der Waals surface area (Å²) in [7, 11) is 1.73. The summed E-state index contributed by atoms with van der Waals surface area (Å²) in [4.78, 5) is 6.90. The Labute approximate surface area is 117 Å². The molecule has 0 spiro atoms. The summed E-state index contributed by atoms with van der Waals surface area (Å²) in [6.07, 6.45) is 4.02. The van der Waals surface area contributed by atoms with Crippen LogP contribution in [0.1, 0.15) is 45.2 Å². The third-order valence-electron chi connectivity index (χ3n) is 3.50. The van der Waals surface area contributed by atoms with Crippen molar-refractivity contribution >= 4 is 5.82 Å². The fraction of sp³-hybridized carbons (Fsp3) is 0.667. The van der Waals surface area contributed by atoms with Crippen molar-refractivity contribution in [3.63, 3.8) is 0 Å². The Morgan fingerprint density at radius 3 is 2.58 bits per heavy atom. The summed E-state index contributed by atoms with van der Waals surface area (Å²) < 4.78 is 5.23. The van der Waals surface area contributed by atoms with Crippen LogP contribution < -0.4 is 10.6 Å². The minimum atomic E-state index is -0.0110. The molecule has 19 heavy (non-hydrogen) atoms. The highest BCUT2D eigenvalue weighted by Crippen LogP contribution is 2.25. The third kappa shape index (κ3) is 4.18. The largest absolute Gasteiger partial charge is 0.383 e. The number of hydrogen-bond acceptors (Lipinski definition) is 4. The molecule has 4 heteroatoms. The number of ether oxygens (including phenoxy) is 1. The Bertz CT molecular complexity index is 364. The second-order valence-corrected chi connectivity index (χ2v) is 4.86. The van der Waals surface area contributed by atoms with Gasteiger partial charge in [-0.1, -0.05) is 19.9 Å². The summed E-state index contributed by atoms with van der Waals surface area (Å²) in [5.74, 6) is 1.00. The standard InChI is InChI=1S/C15H27N3O/c1-5-13(6-2)18(10-11-19-4)15-14(12(3)16)8-7-9-17-15/h7-9,12-13H,5-6,10-11,16H2,1-4H3. The van der Waals surface area contributed by atoms with E-state index in [1.54, 1.807) is 7.11 Å². The molecule has 0 aliphatic heterocycles. The molecule has 2 N–H and O–H groups in total. The van der Waals surface area contributed by atoms with E-state index in [0.717, 1.165) is 30.8 Å². The Morgan fingerprint density at radius 1 is 1.37 bits per heavy atom. The van der Waals surface area contributed by atoms with Gasteiger partial charge in [0.2, 0.25) is 0 Å². The fourth-order valence-electron chi connectivity index (χ4n) is 2.39. The highest BCUT2D eigenvalue weighted by atomic mass is 16.5. The lowest BCUT2D eigenvalue weighted by atomic mass is 10.1. The fourth-order valence-corrected chi connectivity index (χ4v) is 2.39. The first-order valence-corrected chi connectivity index (χ1v) is 7.11. The summed E-state index contributed by atoms with van der Waals surface area (Å²) in [6.45, 7) is 7.97. The maximum atomic E-state index is 6.07. The van der Waals surface area contributed by atoms with Gasteiger partial charge in [0.25, 0.3) is 0 Å². The van der Waals surface area contributed by atoms with Gasteiger partial charge < -0.3 is 15.4 Å². The quantitative estimate of drug-likeness (QED) is 0.785. The molecule has 0 saturated carbocycles. The van der Waals surface area contributed by atoms with Crippen molar-refractivity contribution in [3.05, 3.63) is 23.9 Å². The Hall–Kier alpha value is -1.13. The van der Waals surface area contributed by atoms with Crippen LogP contribution in [0.2, 0.25) is 0 Å². The van der Waals surface area contributed by atoms with Crippen LogP contribution in [0, 0.1) is 0 Å². The second-order valence-electron chi connectivity index (χ2n) is 4.86. The van der Waals surface area contributed by atoms with Gasteiger partial charge in [0.1, 0.15) is 5.82 Å². The molecule has 0 aliphatic rings. The van der Waals surface area contributed by atoms with E-state index in [9.17, 15) is 0 Å². The van der Waals surface area contributed by atoms with Crippen LogP contribution in [-0.2, 0) is 4.74 Å². The molecule has 0 bridgehead atoms. The van der Waals surface area contributed by atoms with Crippen molar-refractivity contribution in [2.24, 2.45) is 5.73 Å². The molecule has 0 fully saturated rings. The van der Waals surface area contributed by atoms with E-state index in [0.29, 0.717) is 12.6 Å². The molecule has 0 aromatic carbocycles. The zero-order valence-electron chi connectivity index (χ0n) is 12.6. The lowest BCUT2D eigenvalue weighted by Gasteiger charge is -2.33. The molecule has 0 amide bonds. The van der Waals surface area contributed by atoms with Crippen LogP contribution in [-0.4, -0.2) is 31.3 Å². The van der Waals surface area contributed by atoms with Crippen LogP contribution in [0.4, 0.5) is 5.82 Å². The Morgan fingerprint density at radius 2 is 2.05 bits per heavy atom. The molecule has 1 rings (SSSR count). The van der Waals surface area contributed by atoms with Gasteiger partial charge in [0, 0.05) is 37.5 Å². The van der Waals surface area contributed by atoms with Crippen molar-refractivity contribution in [2.75, 3.05) is 25.2 Å². The molecule has 0 aliphatic carbocycles. The maximum Gasteiger partial charge on any atom is 0.133 e. The monoisotopic (exact) mass is 265 g/mol. The molecular weight excluding hydrogens is 238 g/mol. The van der Waals surface area contributed by atoms with E-state index in [-0.39, 0.29) is 6.04 Å². The van der Waals surface area contributed by atoms with Crippen molar-refractivity contribution in [1.29, 1.82) is 0 Å². The molecule has 4 nitrogen and oxygen atoms in total. The minimum absolute atomic E-state index is 0.0110. The van der Waals surface area contributed by atoms with E-state index >= 15 is 0 Å². The van der Waals surface area contributed by atoms with Crippen LogP contribution in [0.5, 0.6) is 0 Å². The first-order chi connectivity index (χ1) is 9.15. The average molecular weight is 265 g/mol. The van der Waals surface area contributed by atoms with Gasteiger partial charge in [-0.15, -0.1) is 0 Å². The average Bonchev–Trinajstić information content (AvgIpc) is 2.43. The van der Waals surface area contributed by atoms with Crippen molar-refractivity contribution < 1.29 is 4.74 Å². The van der Waals surface area contributed by atoms with E-state index in [1.165, 1.54) is 0 Å². The number of methoxy groups -OCH3 is 1. The third-order valence-corrected chi connectivity index (χ3v) is 3.50. The lowest BCUT2D eigenvalue weighted by molar-refractivity contribution is 0.202. The van der Waals surface area contributed by atoms with Crippen LogP contribution in [0.25, 0.3) is 0 Å². The SMILES string of the molecule is CCC(CC)N(CCOC)c1ncccc1C(C)N. The number of rotatable bonds is 8. The van der Waals surface area contributed by atoms with Crippen LogP contribution in [0.3, 0.4) is 0 Å². The van der Waals surface area contributed by atoms with Crippen LogP contribution in [0.15, 0.2) is 18.3 Å². The highest BCUT2D eigenvalue weighted by Gasteiger charge is 2.20. The van der Waals surface area contributed by atoms with E-state index in [2.05, 4.69) is 29.8 Å². The first-order valence-electron chi connectivity index (χ1n) is 7.11. The molecule has 1 aromatic heterocycles. The van der Waals surface area contributed by atoms with Gasteiger partial charge in [0.05, 0.1) is 6.61 Å². The van der Waals surface area contributed by atoms with E-state index in [4.69, 9.17) is 10.5 Å². The molecular formula is C15H27N3O. The number of hydrogen-bond donors (Lipinski definition) is 1. The maximum absolute atomic E-state index is 6.07. The molecule has 108 valence electrons. The smallest absolute Gasteiger partial charge is 0.133 e. The van der Waals surface area contributed by atoms with Crippen molar-refractivity contribution in [2.45, 2.75) is 45.7 Å². The number of aromatic nitrogens is 1. The van der Waals surface area contributed by atoms with Gasteiger partial charge in [-0.2, -0.15) is 0 Å². The van der Waals surface area contributed by atoms with E-state index in [1.807, 2.05) is 19.2 Å². The molecule has 0 radical (unpaired) electrons. The van der Waals surface area contributed by atoms with E-state index < -0.39 is 0 Å². The van der Waals surface area contributed by atoms with Gasteiger partial charge in [0.15, 0.2) is 0 Å². The Kier molecular flexibility index (Phi) is 6.81. The molecule has 1 heterocycles. The zero-order valence-corrected chi connectivity index (χ0v) is 12.6. The number of pyridine rings is 1. The normalized spacial score (nSPS) is 12.7. The Balaban J connectivity index is 3.08. The summed E-state index contributed by atoms with van der Waals surface area (Å²) in [5, 5.41) is 0. The first kappa shape index (κ1) is 15.9. The lowest BCUT2D eigenvalue weighted by Crippen LogP contribution is -2.38. The zero-order chi connectivity index (χ0) is 14.3. The summed E-state index contributed by atoms with van der Waals surface area (Å²) in [6, 6.07) is 4.48. The molecule has 0 saturated heterocycles. The number of anilines is 1. The van der Waals surface area contributed by atoms with Gasteiger partial charge >= 0.3 is 0 Å². The number of nitrogens with zero attached hydrogens (tertiary/aromatic N) is 2. The predicted molar refractivity (Wildman–Crippen MR) is 80.4 cm³/mol. The van der Waals surface area contributed by atoms with Crippen molar-refractivity contribution in [3.8, 4) is 0 Å². The predicted octanol–water partition coefficient (Wildman–Crippen LogP) is 2.74. The van der Waals surface area contributed by atoms with Crippen LogP contribution >= 0.6 is 0 Å². The minimum Gasteiger partial charge on any atom is -0.383 e. The molecule has 1 atom stereocenters. The number of nitrogens with two attached hydrogens (primary N) is 1. The molecule has 1 aromatic rings. The second kappa shape index (κ2) is 8.12. The van der Waals surface area contributed by atoms with Gasteiger partial charge in [-0.25, -0.2) is 4.98 Å². The molecule has 1 unspecified atom stereocenters. The van der Waals surface area contributed by atoms with Gasteiger partial charge in [-0.05, 0) is 25.8 Å². The summed E-state index contributed by atoms with van der Waals surface area (Å²) >= 11 is 0. The summed E-state index contributed by atoms with van der Waals surface area (Å²) in [5.41, 5.74) is 7.17. The highest BCUT2D eigenvalue weighted by molar-refractivity contribution is 5.49. The van der Waals surface area contributed by atoms with Crippen molar-refractivity contribution in [1.82, 2.24) is 4.98 Å². The van der Waals surface area contributed by atoms with Gasteiger partial charge in [-0.3, -0.25) is 0 Å².